The van der Waals surface area contributed by atoms with Crippen molar-refractivity contribution in [1.82, 2.24) is 19.7 Å². The smallest absolute Gasteiger partial charge is 0.191 e. The average molecular weight is 407 g/mol. The van der Waals surface area contributed by atoms with Crippen molar-refractivity contribution in [3.63, 3.8) is 0 Å². The highest BCUT2D eigenvalue weighted by Gasteiger charge is 2.22. The zero-order valence-corrected chi connectivity index (χ0v) is 17.8. The number of hydrogen-bond donors (Lipinski definition) is 0. The normalized spacial score (nSPS) is 12.0. The molecule has 3 aromatic rings. The molecule has 2 heterocycles. The number of nitrogens with zero attached hydrogens (tertiary/aromatic N) is 4. The second kappa shape index (κ2) is 8.10. The van der Waals surface area contributed by atoms with Crippen molar-refractivity contribution in [3.05, 3.63) is 30.1 Å². The molecule has 0 bridgehead atoms. The van der Waals surface area contributed by atoms with E-state index in [1.54, 1.807) is 23.1 Å². The Morgan fingerprint density at radius 2 is 1.96 bits per heavy atom. The van der Waals surface area contributed by atoms with Crippen LogP contribution in [0, 0.1) is 5.41 Å². The van der Waals surface area contributed by atoms with Gasteiger partial charge in [-0.15, -0.1) is 21.5 Å². The lowest BCUT2D eigenvalue weighted by Crippen LogP contribution is -2.22. The molecular formula is C18H22N4OS3. The third-order valence-electron chi connectivity index (χ3n) is 3.88. The SMILES string of the molecule is CCn1c(CSc2nc3ccccc3s2)nnc1SCC(=O)C(C)(C)C. The Kier molecular flexibility index (Phi) is 6.04. The van der Waals surface area contributed by atoms with Crippen molar-refractivity contribution >= 4 is 50.9 Å². The fraction of sp³-hybridized carbons (Fsp3) is 0.444. The number of carbonyl (C=O) groups excluding carboxylic acids is 1. The molecule has 0 N–H and O–H groups in total. The van der Waals surface area contributed by atoms with Gasteiger partial charge in [0.05, 0.1) is 21.7 Å². The minimum atomic E-state index is -0.324. The Hall–Kier alpha value is -1.38. The number of aromatic nitrogens is 4. The molecule has 0 fully saturated rings. The zero-order chi connectivity index (χ0) is 18.7. The summed E-state index contributed by atoms with van der Waals surface area (Å²) in [5, 5.41) is 9.43. The summed E-state index contributed by atoms with van der Waals surface area (Å²) in [4.78, 5) is 16.8. The van der Waals surface area contributed by atoms with Gasteiger partial charge >= 0.3 is 0 Å². The van der Waals surface area contributed by atoms with Crippen LogP contribution in [0.5, 0.6) is 0 Å². The summed E-state index contributed by atoms with van der Waals surface area (Å²) in [5.74, 6) is 2.28. The van der Waals surface area contributed by atoms with E-state index in [0.29, 0.717) is 11.5 Å². The highest BCUT2D eigenvalue weighted by atomic mass is 32.2. The Morgan fingerprint density at radius 3 is 2.65 bits per heavy atom. The summed E-state index contributed by atoms with van der Waals surface area (Å²) < 4.78 is 4.32. The Labute approximate surface area is 166 Å². The highest BCUT2D eigenvalue weighted by Crippen LogP contribution is 2.31. The standard InChI is InChI=1S/C18H22N4OS3/c1-5-22-15(20-21-16(22)24-10-14(23)18(2,3)4)11-25-17-19-12-8-6-7-9-13(12)26-17/h6-9H,5,10-11H2,1-4H3. The van der Waals surface area contributed by atoms with Crippen LogP contribution in [0.15, 0.2) is 33.8 Å². The van der Waals surface area contributed by atoms with Crippen molar-refractivity contribution < 1.29 is 4.79 Å². The molecule has 0 aliphatic heterocycles. The molecule has 0 amide bonds. The minimum Gasteiger partial charge on any atom is -0.306 e. The maximum atomic E-state index is 12.2. The summed E-state index contributed by atoms with van der Waals surface area (Å²) >= 11 is 4.85. The molecule has 0 saturated carbocycles. The molecular weight excluding hydrogens is 384 g/mol. The van der Waals surface area contributed by atoms with Gasteiger partial charge in [-0.2, -0.15) is 0 Å². The Balaban J connectivity index is 1.66. The zero-order valence-electron chi connectivity index (χ0n) is 15.4. The van der Waals surface area contributed by atoms with Gasteiger partial charge in [0.2, 0.25) is 0 Å². The van der Waals surface area contributed by atoms with Crippen molar-refractivity contribution in [2.45, 2.75) is 49.5 Å². The van der Waals surface area contributed by atoms with Crippen molar-refractivity contribution in [2.75, 3.05) is 5.75 Å². The monoisotopic (exact) mass is 406 g/mol. The van der Waals surface area contributed by atoms with Gasteiger partial charge in [-0.3, -0.25) is 4.79 Å². The van der Waals surface area contributed by atoms with Crippen molar-refractivity contribution in [2.24, 2.45) is 5.41 Å². The van der Waals surface area contributed by atoms with Crippen LogP contribution in [0.4, 0.5) is 0 Å². The van der Waals surface area contributed by atoms with Crippen LogP contribution in [-0.2, 0) is 17.1 Å². The number of thioether (sulfide) groups is 2. The quantitative estimate of drug-likeness (QED) is 0.520. The van der Waals surface area contributed by atoms with Crippen LogP contribution in [0.2, 0.25) is 0 Å². The number of Topliss-reactive ketones (excluding diaryl/α,β-unsaturated/α-hetero) is 1. The first-order valence-corrected chi connectivity index (χ1v) is 11.2. The topological polar surface area (TPSA) is 60.7 Å². The lowest BCUT2D eigenvalue weighted by molar-refractivity contribution is -0.123. The summed E-state index contributed by atoms with van der Waals surface area (Å²) in [5.41, 5.74) is 0.712. The van der Waals surface area contributed by atoms with E-state index in [9.17, 15) is 4.79 Å². The van der Waals surface area contributed by atoms with E-state index in [-0.39, 0.29) is 11.2 Å². The van der Waals surface area contributed by atoms with Crippen LogP contribution in [0.25, 0.3) is 10.2 Å². The van der Waals surface area contributed by atoms with E-state index < -0.39 is 0 Å². The molecule has 2 aromatic heterocycles. The molecule has 138 valence electrons. The van der Waals surface area contributed by atoms with Gasteiger partial charge in [-0.25, -0.2) is 4.98 Å². The largest absolute Gasteiger partial charge is 0.306 e. The molecule has 26 heavy (non-hydrogen) atoms. The Bertz CT molecular complexity index is 878. The number of hydrogen-bond acceptors (Lipinski definition) is 7. The van der Waals surface area contributed by atoms with Gasteiger partial charge in [-0.1, -0.05) is 56.4 Å². The highest BCUT2D eigenvalue weighted by molar-refractivity contribution is 8.00. The number of thiazole rings is 1. The molecule has 8 heteroatoms. The summed E-state index contributed by atoms with van der Waals surface area (Å²) in [6.45, 7) is 8.70. The van der Waals surface area contributed by atoms with Crippen molar-refractivity contribution in [3.8, 4) is 0 Å². The predicted molar refractivity (Wildman–Crippen MR) is 110 cm³/mol. The van der Waals surface area contributed by atoms with Crippen LogP contribution in [-0.4, -0.2) is 31.3 Å². The van der Waals surface area contributed by atoms with Crippen LogP contribution in [0.1, 0.15) is 33.5 Å². The molecule has 0 radical (unpaired) electrons. The van der Waals surface area contributed by atoms with E-state index >= 15 is 0 Å². The maximum absolute atomic E-state index is 12.2. The molecule has 0 aliphatic rings. The second-order valence-corrected chi connectivity index (χ2v) is 10.0. The summed E-state index contributed by atoms with van der Waals surface area (Å²) in [6.07, 6.45) is 0. The first-order chi connectivity index (χ1) is 12.4. The molecule has 0 saturated heterocycles. The predicted octanol–water partition coefficient (Wildman–Crippen LogP) is 4.91. The van der Waals surface area contributed by atoms with Gasteiger partial charge in [0.15, 0.2) is 9.50 Å². The fourth-order valence-corrected chi connectivity index (χ4v) is 5.43. The molecule has 0 atom stereocenters. The third kappa shape index (κ3) is 4.47. The van der Waals surface area contributed by atoms with Gasteiger partial charge in [0.25, 0.3) is 0 Å². The first kappa shape index (κ1) is 19.4. The number of carbonyl (C=O) groups is 1. The number of fused-ring (bicyclic) bond motifs is 1. The Morgan fingerprint density at radius 1 is 1.19 bits per heavy atom. The average Bonchev–Trinajstić information content (AvgIpc) is 3.19. The number of para-hydroxylation sites is 1. The second-order valence-electron chi connectivity index (χ2n) is 6.84. The number of benzene rings is 1. The summed E-state index contributed by atoms with van der Waals surface area (Å²) in [6, 6.07) is 8.16. The molecule has 0 aliphatic carbocycles. The third-order valence-corrected chi connectivity index (χ3v) is 7.02. The van der Waals surface area contributed by atoms with Crippen molar-refractivity contribution in [1.29, 1.82) is 0 Å². The van der Waals surface area contributed by atoms with Crippen LogP contribution >= 0.6 is 34.9 Å². The van der Waals surface area contributed by atoms with E-state index in [1.807, 2.05) is 39.0 Å². The van der Waals surface area contributed by atoms with E-state index in [4.69, 9.17) is 0 Å². The fourth-order valence-electron chi connectivity index (χ4n) is 2.24. The number of rotatable bonds is 7. The van der Waals surface area contributed by atoms with Gasteiger partial charge < -0.3 is 4.57 Å². The molecule has 0 unspecified atom stereocenters. The summed E-state index contributed by atoms with van der Waals surface area (Å²) in [7, 11) is 0. The molecule has 3 rings (SSSR count). The molecule has 1 aromatic carbocycles. The van der Waals surface area contributed by atoms with Crippen LogP contribution in [0.3, 0.4) is 0 Å². The van der Waals surface area contributed by atoms with Crippen LogP contribution < -0.4 is 0 Å². The first-order valence-electron chi connectivity index (χ1n) is 8.45. The lowest BCUT2D eigenvalue weighted by atomic mass is 9.92. The minimum absolute atomic E-state index is 0.221. The van der Waals surface area contributed by atoms with E-state index in [1.165, 1.54) is 16.5 Å². The van der Waals surface area contributed by atoms with Gasteiger partial charge in [-0.05, 0) is 19.1 Å². The van der Waals surface area contributed by atoms with Gasteiger partial charge in [0, 0.05) is 12.0 Å². The molecule has 0 spiro atoms. The van der Waals surface area contributed by atoms with E-state index in [0.717, 1.165) is 27.4 Å². The molecule has 5 nitrogen and oxygen atoms in total. The maximum Gasteiger partial charge on any atom is 0.191 e. The lowest BCUT2D eigenvalue weighted by Gasteiger charge is -2.15. The number of ketones is 1. The van der Waals surface area contributed by atoms with Gasteiger partial charge in [0.1, 0.15) is 11.6 Å². The van der Waals surface area contributed by atoms with E-state index in [2.05, 4.69) is 32.7 Å².